The molecule has 5 nitrogen and oxygen atoms in total. The Morgan fingerprint density at radius 2 is 2.33 bits per heavy atom. The Kier molecular flexibility index (Phi) is 4.70. The lowest BCUT2D eigenvalue weighted by Gasteiger charge is -2.31. The second-order valence-electron chi connectivity index (χ2n) is 4.26. The van der Waals surface area contributed by atoms with E-state index >= 15 is 0 Å². The Morgan fingerprint density at radius 1 is 1.50 bits per heavy atom. The van der Waals surface area contributed by atoms with Crippen LogP contribution in [0.2, 0.25) is 6.04 Å². The van der Waals surface area contributed by atoms with Crippen molar-refractivity contribution in [2.75, 3.05) is 33.9 Å². The highest BCUT2D eigenvalue weighted by molar-refractivity contribution is 6.65. The van der Waals surface area contributed by atoms with Gasteiger partial charge in [0.05, 0.1) is 19.0 Å². The van der Waals surface area contributed by atoms with Crippen molar-refractivity contribution in [1.29, 1.82) is 0 Å². The van der Waals surface area contributed by atoms with Gasteiger partial charge in [0.2, 0.25) is 0 Å². The van der Waals surface area contributed by atoms with E-state index in [0.29, 0.717) is 0 Å². The van der Waals surface area contributed by atoms with Crippen LogP contribution >= 0.6 is 0 Å². The van der Waals surface area contributed by atoms with Crippen LogP contribution in [0.15, 0.2) is 27.8 Å². The molecule has 0 radical (unpaired) electrons. The summed E-state index contributed by atoms with van der Waals surface area (Å²) in [4.78, 5) is 4.36. The second-order valence-corrected chi connectivity index (χ2v) is 7.64. The standard InChI is InChI=1S/C12H20N2O3Si/c1-15-18(16-2)10-4-7-14(18)8-6-13-11-12-5-3-9-17-12/h3,5,9,11H,4,6-8,10H2,1-2H3. The number of hydrogen-bond donors (Lipinski definition) is 0. The zero-order chi connectivity index (χ0) is 12.8. The van der Waals surface area contributed by atoms with Crippen LogP contribution in [-0.2, 0) is 8.85 Å². The molecule has 2 heterocycles. The molecule has 0 N–H and O–H groups in total. The molecule has 0 aliphatic carbocycles. The molecule has 18 heavy (non-hydrogen) atoms. The summed E-state index contributed by atoms with van der Waals surface area (Å²) in [5.74, 6) is 0.790. The topological polar surface area (TPSA) is 47.2 Å². The van der Waals surface area contributed by atoms with Crippen LogP contribution < -0.4 is 0 Å². The Morgan fingerprint density at radius 3 is 3.00 bits per heavy atom. The highest BCUT2D eigenvalue weighted by atomic mass is 28.4. The molecule has 6 heteroatoms. The van der Waals surface area contributed by atoms with E-state index in [1.165, 1.54) is 0 Å². The quantitative estimate of drug-likeness (QED) is 0.581. The van der Waals surface area contributed by atoms with Crippen molar-refractivity contribution >= 4 is 14.9 Å². The van der Waals surface area contributed by atoms with E-state index in [9.17, 15) is 0 Å². The maximum Gasteiger partial charge on any atom is 0.427 e. The number of aliphatic imine (C=N–C) groups is 1. The third-order valence-corrected chi connectivity index (χ3v) is 6.97. The molecule has 1 saturated heterocycles. The lowest BCUT2D eigenvalue weighted by Crippen LogP contribution is -2.53. The van der Waals surface area contributed by atoms with Gasteiger partial charge in [0.1, 0.15) is 5.76 Å². The van der Waals surface area contributed by atoms with E-state index in [1.54, 1.807) is 26.7 Å². The van der Waals surface area contributed by atoms with Gasteiger partial charge in [-0.15, -0.1) is 0 Å². The van der Waals surface area contributed by atoms with E-state index in [2.05, 4.69) is 9.56 Å². The fourth-order valence-electron chi connectivity index (χ4n) is 2.35. The minimum atomic E-state index is -2.09. The normalized spacial score (nSPS) is 19.9. The molecule has 0 atom stereocenters. The van der Waals surface area contributed by atoms with Gasteiger partial charge in [0.15, 0.2) is 0 Å². The van der Waals surface area contributed by atoms with Crippen LogP contribution in [0.1, 0.15) is 12.2 Å². The molecule has 100 valence electrons. The van der Waals surface area contributed by atoms with Gasteiger partial charge in [-0.3, -0.25) is 9.56 Å². The molecule has 0 amide bonds. The highest BCUT2D eigenvalue weighted by Crippen LogP contribution is 2.26. The van der Waals surface area contributed by atoms with Crippen molar-refractivity contribution in [1.82, 2.24) is 4.57 Å². The van der Waals surface area contributed by atoms with Gasteiger partial charge in [-0.1, -0.05) is 0 Å². The summed E-state index contributed by atoms with van der Waals surface area (Å²) < 4.78 is 18.8. The molecule has 1 fully saturated rings. The monoisotopic (exact) mass is 268 g/mol. The average Bonchev–Trinajstić information content (AvgIpc) is 3.04. The van der Waals surface area contributed by atoms with Gasteiger partial charge in [-0.05, 0) is 25.1 Å². The fraction of sp³-hybridized carbons (Fsp3) is 0.583. The summed E-state index contributed by atoms with van der Waals surface area (Å²) >= 11 is 0. The predicted molar refractivity (Wildman–Crippen MR) is 71.9 cm³/mol. The van der Waals surface area contributed by atoms with Gasteiger partial charge in [-0.2, -0.15) is 0 Å². The third-order valence-electron chi connectivity index (χ3n) is 3.30. The number of nitrogens with zero attached hydrogens (tertiary/aromatic N) is 2. The number of hydrogen-bond acceptors (Lipinski definition) is 5. The zero-order valence-electron chi connectivity index (χ0n) is 11.0. The van der Waals surface area contributed by atoms with Crippen molar-refractivity contribution in [2.24, 2.45) is 4.99 Å². The lowest BCUT2D eigenvalue weighted by atomic mass is 10.4. The molecule has 0 aromatic carbocycles. The maximum absolute atomic E-state index is 5.64. The predicted octanol–water partition coefficient (Wildman–Crippen LogP) is 1.64. The Balaban J connectivity index is 1.82. The van der Waals surface area contributed by atoms with Crippen LogP contribution in [-0.4, -0.2) is 53.4 Å². The second kappa shape index (κ2) is 6.28. The molecule has 1 aliphatic heterocycles. The van der Waals surface area contributed by atoms with Crippen LogP contribution in [0.5, 0.6) is 0 Å². The first kappa shape index (κ1) is 13.5. The summed E-state index contributed by atoms with van der Waals surface area (Å²) in [7, 11) is 1.41. The van der Waals surface area contributed by atoms with Gasteiger partial charge in [0.25, 0.3) is 0 Å². The Hall–Kier alpha value is -0.953. The van der Waals surface area contributed by atoms with Gasteiger partial charge in [-0.25, -0.2) is 0 Å². The first-order valence-electron chi connectivity index (χ1n) is 6.19. The van der Waals surface area contributed by atoms with Crippen molar-refractivity contribution < 1.29 is 13.3 Å². The van der Waals surface area contributed by atoms with E-state index in [-0.39, 0.29) is 0 Å². The fourth-order valence-corrected chi connectivity index (χ4v) is 5.30. The van der Waals surface area contributed by atoms with Gasteiger partial charge in [0, 0.05) is 26.8 Å². The first-order chi connectivity index (χ1) is 8.80. The summed E-state index contributed by atoms with van der Waals surface area (Å²) in [5.41, 5.74) is 0. The molecule has 1 aliphatic rings. The molecule has 0 saturated carbocycles. The molecular formula is C12H20N2O3Si. The lowest BCUT2D eigenvalue weighted by molar-refractivity contribution is 0.184. The van der Waals surface area contributed by atoms with Gasteiger partial charge >= 0.3 is 8.72 Å². The molecule has 0 spiro atoms. The zero-order valence-corrected chi connectivity index (χ0v) is 12.0. The van der Waals surface area contributed by atoms with Crippen molar-refractivity contribution in [3.63, 3.8) is 0 Å². The summed E-state index contributed by atoms with van der Waals surface area (Å²) in [6.07, 6.45) is 4.56. The number of rotatable bonds is 6. The minimum absolute atomic E-state index is 0.738. The first-order valence-corrected chi connectivity index (χ1v) is 8.16. The van der Waals surface area contributed by atoms with Crippen LogP contribution in [0, 0.1) is 0 Å². The van der Waals surface area contributed by atoms with Crippen molar-refractivity contribution in [3.8, 4) is 0 Å². The van der Waals surface area contributed by atoms with E-state index in [4.69, 9.17) is 13.3 Å². The highest BCUT2D eigenvalue weighted by Gasteiger charge is 2.46. The summed E-state index contributed by atoms with van der Waals surface area (Å²) in [5, 5.41) is 0. The van der Waals surface area contributed by atoms with Gasteiger partial charge < -0.3 is 13.3 Å². The SMILES string of the molecule is CO[Si]1(OC)CCCN1CCN=Cc1ccco1. The van der Waals surface area contributed by atoms with E-state index in [1.807, 2.05) is 12.1 Å². The van der Waals surface area contributed by atoms with Crippen LogP contribution in [0.25, 0.3) is 0 Å². The molecule has 0 unspecified atom stereocenters. The maximum atomic E-state index is 5.64. The van der Waals surface area contributed by atoms with E-state index < -0.39 is 8.72 Å². The average molecular weight is 268 g/mol. The molecule has 0 bridgehead atoms. The van der Waals surface area contributed by atoms with Crippen molar-refractivity contribution in [3.05, 3.63) is 24.2 Å². The largest absolute Gasteiger partial charge is 0.463 e. The summed E-state index contributed by atoms with van der Waals surface area (Å²) in [6.45, 7) is 2.66. The molecular weight excluding hydrogens is 248 g/mol. The molecule has 1 aromatic rings. The van der Waals surface area contributed by atoms with Crippen LogP contribution in [0.4, 0.5) is 0 Å². The Bertz CT molecular complexity index is 377. The summed E-state index contributed by atoms with van der Waals surface area (Å²) in [6, 6.07) is 4.79. The van der Waals surface area contributed by atoms with E-state index in [0.717, 1.165) is 37.9 Å². The minimum Gasteiger partial charge on any atom is -0.463 e. The Labute approximate surface area is 109 Å². The smallest absolute Gasteiger partial charge is 0.427 e. The molecule has 1 aromatic heterocycles. The third kappa shape index (κ3) is 2.89. The van der Waals surface area contributed by atoms with Crippen molar-refractivity contribution in [2.45, 2.75) is 12.5 Å². The number of furan rings is 1. The molecule has 2 rings (SSSR count). The van der Waals surface area contributed by atoms with Crippen LogP contribution in [0.3, 0.4) is 0 Å².